The molecule has 0 bridgehead atoms. The minimum absolute atomic E-state index is 0.523. The third-order valence-corrected chi connectivity index (χ3v) is 2.40. The second kappa shape index (κ2) is 5.01. The zero-order chi connectivity index (χ0) is 11.4. The smallest absolute Gasteiger partial charge is 0.118 e. The summed E-state index contributed by atoms with van der Waals surface area (Å²) < 4.78 is 10.4. The molecular weight excluding hydrogens is 204 g/mol. The fourth-order valence-corrected chi connectivity index (χ4v) is 1.63. The summed E-state index contributed by atoms with van der Waals surface area (Å²) in [4.78, 5) is 2.16. The summed E-state index contributed by atoms with van der Waals surface area (Å²) >= 11 is 0. The van der Waals surface area contributed by atoms with Crippen molar-refractivity contribution < 1.29 is 8.83 Å². The fraction of sp³-hybridized carbons (Fsp3) is 0.333. The van der Waals surface area contributed by atoms with Gasteiger partial charge in [0, 0.05) is 24.2 Å². The summed E-state index contributed by atoms with van der Waals surface area (Å²) in [5.74, 6) is 0.937. The molecule has 16 heavy (non-hydrogen) atoms. The Bertz CT molecular complexity index is 420. The Morgan fingerprint density at radius 1 is 1.25 bits per heavy atom. The third kappa shape index (κ3) is 2.74. The van der Waals surface area contributed by atoms with Gasteiger partial charge in [-0.05, 0) is 19.2 Å². The summed E-state index contributed by atoms with van der Waals surface area (Å²) in [6.07, 6.45) is 5.15. The highest BCUT2D eigenvalue weighted by Gasteiger charge is 2.06. The quantitative estimate of drug-likeness (QED) is 0.837. The first-order valence-electron chi connectivity index (χ1n) is 5.24. The van der Waals surface area contributed by atoms with Crippen LogP contribution >= 0.6 is 0 Å². The Morgan fingerprint density at radius 2 is 2.12 bits per heavy atom. The van der Waals surface area contributed by atoms with Crippen LogP contribution < -0.4 is 5.73 Å². The van der Waals surface area contributed by atoms with E-state index in [1.165, 1.54) is 0 Å². The second-order valence-corrected chi connectivity index (χ2v) is 3.93. The molecule has 0 spiro atoms. The lowest BCUT2D eigenvalue weighted by Crippen LogP contribution is -2.16. The summed E-state index contributed by atoms with van der Waals surface area (Å²) in [7, 11) is 2.04. The Labute approximate surface area is 94.6 Å². The van der Waals surface area contributed by atoms with Gasteiger partial charge in [-0.1, -0.05) is 0 Å². The van der Waals surface area contributed by atoms with Crippen molar-refractivity contribution >= 4 is 0 Å². The molecule has 2 aromatic heterocycles. The maximum Gasteiger partial charge on any atom is 0.118 e. The summed E-state index contributed by atoms with van der Waals surface area (Å²) in [5.41, 5.74) is 7.71. The molecule has 0 saturated carbocycles. The molecule has 0 aliphatic carbocycles. The van der Waals surface area contributed by atoms with Gasteiger partial charge < -0.3 is 14.6 Å². The number of furan rings is 2. The molecule has 0 aromatic carbocycles. The number of rotatable bonds is 5. The number of nitrogens with two attached hydrogens (primary N) is 1. The molecule has 2 N–H and O–H groups in total. The van der Waals surface area contributed by atoms with Crippen molar-refractivity contribution in [1.29, 1.82) is 0 Å². The van der Waals surface area contributed by atoms with Gasteiger partial charge in [0.2, 0.25) is 0 Å². The topological polar surface area (TPSA) is 55.5 Å². The van der Waals surface area contributed by atoms with E-state index in [1.807, 2.05) is 19.2 Å². The van der Waals surface area contributed by atoms with Gasteiger partial charge in [0.05, 0.1) is 25.3 Å². The Balaban J connectivity index is 1.89. The van der Waals surface area contributed by atoms with Gasteiger partial charge in [0.15, 0.2) is 0 Å². The molecule has 0 saturated heterocycles. The lowest BCUT2D eigenvalue weighted by molar-refractivity contribution is 0.287. The van der Waals surface area contributed by atoms with Crippen molar-refractivity contribution in [2.24, 2.45) is 5.73 Å². The highest BCUT2D eigenvalue weighted by atomic mass is 16.3. The predicted octanol–water partition coefficient (Wildman–Crippen LogP) is 1.96. The summed E-state index contributed by atoms with van der Waals surface area (Å²) in [5, 5.41) is 0. The van der Waals surface area contributed by atoms with E-state index in [-0.39, 0.29) is 0 Å². The van der Waals surface area contributed by atoms with E-state index in [2.05, 4.69) is 4.90 Å². The van der Waals surface area contributed by atoms with E-state index >= 15 is 0 Å². The van der Waals surface area contributed by atoms with E-state index in [0.717, 1.165) is 30.0 Å². The standard InChI is InChI=1S/C12H16N2O2/c1-14(6-10-2-3-15-8-10)7-12-4-11(5-13)9-16-12/h2-4,8-9H,5-7,13H2,1H3. The van der Waals surface area contributed by atoms with E-state index in [4.69, 9.17) is 14.6 Å². The van der Waals surface area contributed by atoms with E-state index in [1.54, 1.807) is 18.8 Å². The van der Waals surface area contributed by atoms with Crippen LogP contribution in [0.3, 0.4) is 0 Å². The molecule has 0 atom stereocenters. The molecule has 0 amide bonds. The molecule has 0 aliphatic heterocycles. The van der Waals surface area contributed by atoms with Gasteiger partial charge in [-0.2, -0.15) is 0 Å². The lowest BCUT2D eigenvalue weighted by Gasteiger charge is -2.13. The van der Waals surface area contributed by atoms with E-state index < -0.39 is 0 Å². The fourth-order valence-electron chi connectivity index (χ4n) is 1.63. The Kier molecular flexibility index (Phi) is 3.44. The molecule has 2 aromatic rings. The molecular formula is C12H16N2O2. The van der Waals surface area contributed by atoms with Crippen LogP contribution in [0.5, 0.6) is 0 Å². The largest absolute Gasteiger partial charge is 0.472 e. The van der Waals surface area contributed by atoms with Crippen LogP contribution in [0.2, 0.25) is 0 Å². The molecule has 0 fully saturated rings. The first kappa shape index (κ1) is 11.0. The van der Waals surface area contributed by atoms with Gasteiger partial charge in [-0.3, -0.25) is 4.90 Å². The maximum absolute atomic E-state index is 5.52. The second-order valence-electron chi connectivity index (χ2n) is 3.93. The Morgan fingerprint density at radius 3 is 2.75 bits per heavy atom. The lowest BCUT2D eigenvalue weighted by atomic mass is 10.3. The van der Waals surface area contributed by atoms with Crippen molar-refractivity contribution in [1.82, 2.24) is 4.90 Å². The van der Waals surface area contributed by atoms with Crippen molar-refractivity contribution in [3.63, 3.8) is 0 Å². The molecule has 0 unspecified atom stereocenters. The van der Waals surface area contributed by atoms with Crippen molar-refractivity contribution in [3.8, 4) is 0 Å². The normalized spacial score (nSPS) is 11.2. The molecule has 0 aliphatic rings. The molecule has 86 valence electrons. The number of hydrogen-bond acceptors (Lipinski definition) is 4. The third-order valence-electron chi connectivity index (χ3n) is 2.40. The molecule has 4 heteroatoms. The number of hydrogen-bond donors (Lipinski definition) is 1. The van der Waals surface area contributed by atoms with Crippen molar-refractivity contribution in [2.75, 3.05) is 7.05 Å². The van der Waals surface area contributed by atoms with Crippen molar-refractivity contribution in [3.05, 3.63) is 47.8 Å². The summed E-state index contributed by atoms with van der Waals surface area (Å²) in [6, 6.07) is 3.95. The van der Waals surface area contributed by atoms with Crippen LogP contribution in [-0.4, -0.2) is 11.9 Å². The minimum Gasteiger partial charge on any atom is -0.472 e. The van der Waals surface area contributed by atoms with Crippen molar-refractivity contribution in [2.45, 2.75) is 19.6 Å². The maximum atomic E-state index is 5.52. The minimum atomic E-state index is 0.523. The average molecular weight is 220 g/mol. The SMILES string of the molecule is CN(Cc1ccoc1)Cc1cc(CN)co1. The van der Waals surface area contributed by atoms with Crippen LogP contribution in [0.4, 0.5) is 0 Å². The first-order chi connectivity index (χ1) is 7.78. The predicted molar refractivity (Wildman–Crippen MR) is 60.5 cm³/mol. The van der Waals surface area contributed by atoms with Crippen LogP contribution in [0, 0.1) is 0 Å². The molecule has 0 radical (unpaired) electrons. The zero-order valence-electron chi connectivity index (χ0n) is 9.35. The van der Waals surface area contributed by atoms with E-state index in [0.29, 0.717) is 6.54 Å². The molecule has 4 nitrogen and oxygen atoms in total. The van der Waals surface area contributed by atoms with Gasteiger partial charge in [0.25, 0.3) is 0 Å². The number of nitrogens with zero attached hydrogens (tertiary/aromatic N) is 1. The van der Waals surface area contributed by atoms with Gasteiger partial charge in [-0.25, -0.2) is 0 Å². The van der Waals surface area contributed by atoms with Gasteiger partial charge in [-0.15, -0.1) is 0 Å². The monoisotopic (exact) mass is 220 g/mol. The summed E-state index contributed by atoms with van der Waals surface area (Å²) in [6.45, 7) is 2.13. The zero-order valence-corrected chi connectivity index (χ0v) is 9.35. The van der Waals surface area contributed by atoms with E-state index in [9.17, 15) is 0 Å². The molecule has 2 rings (SSSR count). The van der Waals surface area contributed by atoms with Crippen LogP contribution in [0.25, 0.3) is 0 Å². The highest BCUT2D eigenvalue weighted by Crippen LogP contribution is 2.11. The Hall–Kier alpha value is -1.52. The highest BCUT2D eigenvalue weighted by molar-refractivity contribution is 5.12. The van der Waals surface area contributed by atoms with Crippen LogP contribution in [0.1, 0.15) is 16.9 Å². The molecule has 2 heterocycles. The van der Waals surface area contributed by atoms with Gasteiger partial charge >= 0.3 is 0 Å². The first-order valence-corrected chi connectivity index (χ1v) is 5.24. The average Bonchev–Trinajstić information content (AvgIpc) is 2.89. The van der Waals surface area contributed by atoms with Crippen LogP contribution in [-0.2, 0) is 19.6 Å². The van der Waals surface area contributed by atoms with Crippen LogP contribution in [0.15, 0.2) is 39.8 Å². The van der Waals surface area contributed by atoms with Gasteiger partial charge in [0.1, 0.15) is 5.76 Å².